The molecule has 0 bridgehead atoms. The van der Waals surface area contributed by atoms with Crippen molar-refractivity contribution in [3.8, 4) is 6.07 Å². The molecule has 0 N–H and O–H groups in total. The maximum atomic E-state index is 10.9. The molecule has 0 atom stereocenters. The first kappa shape index (κ1) is 15.5. The van der Waals surface area contributed by atoms with Crippen molar-refractivity contribution in [2.75, 3.05) is 11.4 Å². The zero-order valence-electron chi connectivity index (χ0n) is 13.1. The molecule has 1 aliphatic heterocycles. The standard InChI is InChI=1S/C19H15N3O2/c1-2-21-17(9-7-14-5-3-4-6-19(14)21)11-15-8-10-18(22(23)24)12-16(15)13-20/h3-12H,2H2,1H3/b17-11+. The quantitative estimate of drug-likeness (QED) is 0.623. The van der Waals surface area contributed by atoms with Crippen molar-refractivity contribution in [3.63, 3.8) is 0 Å². The number of nitrogens with zero attached hydrogens (tertiary/aromatic N) is 3. The molecule has 3 rings (SSSR count). The number of rotatable bonds is 3. The van der Waals surface area contributed by atoms with E-state index in [0.29, 0.717) is 11.1 Å². The Bertz CT molecular complexity index is 907. The highest BCUT2D eigenvalue weighted by atomic mass is 16.6. The van der Waals surface area contributed by atoms with Gasteiger partial charge in [-0.05, 0) is 42.3 Å². The second kappa shape index (κ2) is 6.39. The van der Waals surface area contributed by atoms with E-state index in [1.165, 1.54) is 12.1 Å². The van der Waals surface area contributed by atoms with Gasteiger partial charge < -0.3 is 4.90 Å². The van der Waals surface area contributed by atoms with Crippen LogP contribution in [-0.2, 0) is 0 Å². The summed E-state index contributed by atoms with van der Waals surface area (Å²) in [7, 11) is 0. The van der Waals surface area contributed by atoms with Crippen LogP contribution in [0.1, 0.15) is 23.6 Å². The maximum Gasteiger partial charge on any atom is 0.270 e. The summed E-state index contributed by atoms with van der Waals surface area (Å²) in [5, 5.41) is 20.2. The normalized spacial score (nSPS) is 14.3. The van der Waals surface area contributed by atoms with Crippen LogP contribution < -0.4 is 4.90 Å². The zero-order chi connectivity index (χ0) is 17.1. The Hall–Kier alpha value is -3.39. The SMILES string of the molecule is CCN1/C(=C/c2ccc([N+](=O)[O-])cc2C#N)C=Cc2ccccc21. The van der Waals surface area contributed by atoms with E-state index >= 15 is 0 Å². The van der Waals surface area contributed by atoms with Gasteiger partial charge in [0.15, 0.2) is 0 Å². The van der Waals surface area contributed by atoms with E-state index in [1.54, 1.807) is 6.07 Å². The Morgan fingerprint density at radius 1 is 1.25 bits per heavy atom. The Labute approximate surface area is 139 Å². The molecule has 5 nitrogen and oxygen atoms in total. The van der Waals surface area contributed by atoms with Gasteiger partial charge in [0.1, 0.15) is 6.07 Å². The highest BCUT2D eigenvalue weighted by Gasteiger charge is 2.16. The first-order chi connectivity index (χ1) is 11.6. The third-order valence-corrected chi connectivity index (χ3v) is 3.96. The summed E-state index contributed by atoms with van der Waals surface area (Å²) in [4.78, 5) is 12.5. The second-order valence-corrected chi connectivity index (χ2v) is 5.35. The number of hydrogen-bond acceptors (Lipinski definition) is 4. The van der Waals surface area contributed by atoms with E-state index in [1.807, 2.05) is 36.4 Å². The average Bonchev–Trinajstić information content (AvgIpc) is 2.61. The molecule has 2 aromatic carbocycles. The van der Waals surface area contributed by atoms with Crippen LogP contribution in [0.4, 0.5) is 11.4 Å². The average molecular weight is 317 g/mol. The molecule has 0 saturated heterocycles. The van der Waals surface area contributed by atoms with E-state index in [2.05, 4.69) is 24.0 Å². The minimum Gasteiger partial charge on any atom is -0.341 e. The number of benzene rings is 2. The van der Waals surface area contributed by atoms with Gasteiger partial charge in [-0.1, -0.05) is 24.3 Å². The van der Waals surface area contributed by atoms with E-state index < -0.39 is 4.92 Å². The summed E-state index contributed by atoms with van der Waals surface area (Å²) in [6.45, 7) is 2.84. The van der Waals surface area contributed by atoms with Crippen LogP contribution >= 0.6 is 0 Å². The van der Waals surface area contributed by atoms with Gasteiger partial charge in [-0.3, -0.25) is 10.1 Å². The lowest BCUT2D eigenvalue weighted by Crippen LogP contribution is -2.23. The van der Waals surface area contributed by atoms with E-state index in [-0.39, 0.29) is 5.69 Å². The summed E-state index contributed by atoms with van der Waals surface area (Å²) in [5.41, 5.74) is 4.07. The second-order valence-electron chi connectivity index (χ2n) is 5.35. The molecule has 0 aromatic heterocycles. The molecule has 24 heavy (non-hydrogen) atoms. The fourth-order valence-electron chi connectivity index (χ4n) is 2.80. The topological polar surface area (TPSA) is 70.2 Å². The number of hydrogen-bond donors (Lipinski definition) is 0. The van der Waals surface area contributed by atoms with Gasteiger partial charge in [0.05, 0.1) is 10.5 Å². The van der Waals surface area contributed by atoms with Crippen molar-refractivity contribution in [1.82, 2.24) is 0 Å². The Morgan fingerprint density at radius 2 is 2.04 bits per heavy atom. The smallest absolute Gasteiger partial charge is 0.270 e. The van der Waals surface area contributed by atoms with Crippen molar-refractivity contribution in [3.05, 3.63) is 81.0 Å². The summed E-state index contributed by atoms with van der Waals surface area (Å²) in [6.07, 6.45) is 5.91. The van der Waals surface area contributed by atoms with Crippen LogP contribution in [0.15, 0.2) is 54.2 Å². The van der Waals surface area contributed by atoms with Crippen LogP contribution in [0.2, 0.25) is 0 Å². The first-order valence-electron chi connectivity index (χ1n) is 7.59. The number of non-ortho nitro benzene ring substituents is 1. The van der Waals surface area contributed by atoms with E-state index in [4.69, 9.17) is 0 Å². The number of nitriles is 1. The lowest BCUT2D eigenvalue weighted by Gasteiger charge is -2.29. The predicted octanol–water partition coefficient (Wildman–Crippen LogP) is 4.36. The van der Waals surface area contributed by atoms with Crippen molar-refractivity contribution >= 4 is 23.5 Å². The molecule has 1 aliphatic rings. The van der Waals surface area contributed by atoms with Crippen LogP contribution in [0.25, 0.3) is 12.2 Å². The minimum absolute atomic E-state index is 0.0782. The number of para-hydroxylation sites is 1. The minimum atomic E-state index is -0.493. The molecule has 0 spiro atoms. The molecule has 0 unspecified atom stereocenters. The number of likely N-dealkylation sites (N-methyl/N-ethyl adjacent to an activating group) is 1. The molecule has 0 fully saturated rings. The molecule has 0 saturated carbocycles. The monoisotopic (exact) mass is 317 g/mol. The van der Waals surface area contributed by atoms with Crippen molar-refractivity contribution < 1.29 is 4.92 Å². The molecular weight excluding hydrogens is 302 g/mol. The van der Waals surface area contributed by atoms with Gasteiger partial charge in [0.2, 0.25) is 0 Å². The lowest BCUT2D eigenvalue weighted by atomic mass is 10.0. The molecule has 2 aromatic rings. The summed E-state index contributed by atoms with van der Waals surface area (Å²) in [6, 6.07) is 14.5. The van der Waals surface area contributed by atoms with Crippen LogP contribution in [0.3, 0.4) is 0 Å². The van der Waals surface area contributed by atoms with Gasteiger partial charge >= 0.3 is 0 Å². The third kappa shape index (κ3) is 2.77. The molecule has 1 heterocycles. The Morgan fingerprint density at radius 3 is 2.75 bits per heavy atom. The lowest BCUT2D eigenvalue weighted by molar-refractivity contribution is -0.384. The third-order valence-electron chi connectivity index (χ3n) is 3.96. The summed E-state index contributed by atoms with van der Waals surface area (Å²) >= 11 is 0. The molecule has 0 aliphatic carbocycles. The Kier molecular flexibility index (Phi) is 4.13. The number of nitro groups is 1. The van der Waals surface area contributed by atoms with Crippen LogP contribution in [0.5, 0.6) is 0 Å². The fourth-order valence-corrected chi connectivity index (χ4v) is 2.80. The van der Waals surface area contributed by atoms with Crippen molar-refractivity contribution in [2.24, 2.45) is 0 Å². The van der Waals surface area contributed by atoms with Gasteiger partial charge in [-0.2, -0.15) is 5.26 Å². The van der Waals surface area contributed by atoms with Crippen molar-refractivity contribution in [1.29, 1.82) is 5.26 Å². The number of nitro benzene ring substituents is 1. The van der Waals surface area contributed by atoms with Crippen LogP contribution in [-0.4, -0.2) is 11.5 Å². The molecule has 0 amide bonds. The number of anilines is 1. The number of allylic oxidation sites excluding steroid dienone is 1. The predicted molar refractivity (Wildman–Crippen MR) is 94.3 cm³/mol. The fraction of sp³-hybridized carbons (Fsp3) is 0.105. The highest BCUT2D eigenvalue weighted by molar-refractivity contribution is 5.80. The molecule has 118 valence electrons. The van der Waals surface area contributed by atoms with Gasteiger partial charge in [0, 0.05) is 30.1 Å². The molecule has 0 radical (unpaired) electrons. The van der Waals surface area contributed by atoms with Crippen molar-refractivity contribution in [2.45, 2.75) is 6.92 Å². The summed E-state index contributed by atoms with van der Waals surface area (Å²) < 4.78 is 0. The van der Waals surface area contributed by atoms with E-state index in [9.17, 15) is 15.4 Å². The van der Waals surface area contributed by atoms with Gasteiger partial charge in [0.25, 0.3) is 5.69 Å². The summed E-state index contributed by atoms with van der Waals surface area (Å²) in [5.74, 6) is 0. The largest absolute Gasteiger partial charge is 0.341 e. The zero-order valence-corrected chi connectivity index (χ0v) is 13.1. The van der Waals surface area contributed by atoms with E-state index in [0.717, 1.165) is 23.5 Å². The highest BCUT2D eigenvalue weighted by Crippen LogP contribution is 2.32. The van der Waals surface area contributed by atoms with Gasteiger partial charge in [-0.15, -0.1) is 0 Å². The van der Waals surface area contributed by atoms with Gasteiger partial charge in [-0.25, -0.2) is 0 Å². The molecular formula is C19H15N3O2. The molecule has 5 heteroatoms. The Balaban J connectivity index is 2.06. The van der Waals surface area contributed by atoms with Crippen LogP contribution in [0, 0.1) is 21.4 Å². The number of fused-ring (bicyclic) bond motifs is 1. The maximum absolute atomic E-state index is 10.9. The first-order valence-corrected chi connectivity index (χ1v) is 7.59.